The van der Waals surface area contributed by atoms with Crippen molar-refractivity contribution in [3.63, 3.8) is 0 Å². The predicted molar refractivity (Wildman–Crippen MR) is 93.2 cm³/mol. The highest BCUT2D eigenvalue weighted by Gasteiger charge is 2.32. The largest absolute Gasteiger partial charge is 0.453 e. The summed E-state index contributed by atoms with van der Waals surface area (Å²) >= 11 is 0. The molecule has 1 amide bonds. The van der Waals surface area contributed by atoms with Gasteiger partial charge in [-0.15, -0.1) is 0 Å². The Morgan fingerprint density at radius 3 is 2.57 bits per heavy atom. The van der Waals surface area contributed by atoms with Crippen LogP contribution in [0.25, 0.3) is 0 Å². The van der Waals surface area contributed by atoms with Gasteiger partial charge in [-0.25, -0.2) is 4.79 Å². The molecule has 2 unspecified atom stereocenters. The second-order valence-corrected chi connectivity index (χ2v) is 7.80. The second kappa shape index (κ2) is 7.82. The lowest BCUT2D eigenvalue weighted by Crippen LogP contribution is -2.51. The third-order valence-electron chi connectivity index (χ3n) is 4.31. The van der Waals surface area contributed by atoms with Crippen LogP contribution in [0.2, 0.25) is 0 Å². The van der Waals surface area contributed by atoms with Crippen LogP contribution in [0.3, 0.4) is 0 Å². The van der Waals surface area contributed by atoms with E-state index < -0.39 is 0 Å². The first-order valence-corrected chi connectivity index (χ1v) is 8.47. The first kappa shape index (κ1) is 17.8. The van der Waals surface area contributed by atoms with E-state index in [0.717, 1.165) is 32.5 Å². The van der Waals surface area contributed by atoms with E-state index in [1.54, 1.807) is 0 Å². The zero-order chi connectivity index (χ0) is 16.9. The second-order valence-electron chi connectivity index (χ2n) is 7.80. The Kier molecular flexibility index (Phi) is 6.05. The van der Waals surface area contributed by atoms with Crippen LogP contribution in [0.5, 0.6) is 0 Å². The summed E-state index contributed by atoms with van der Waals surface area (Å²) in [6.07, 6.45) is 2.01. The predicted octanol–water partition coefficient (Wildman–Crippen LogP) is 3.67. The summed E-state index contributed by atoms with van der Waals surface area (Å²) in [6.45, 7) is 9.14. The lowest BCUT2D eigenvalue weighted by atomic mass is 9.80. The molecule has 1 aliphatic heterocycles. The van der Waals surface area contributed by atoms with Gasteiger partial charge in [0.25, 0.3) is 0 Å². The minimum atomic E-state index is -0.213. The highest BCUT2D eigenvalue weighted by Crippen LogP contribution is 2.30. The number of carbonyl (C=O) groups excluding carboxylic acids is 1. The monoisotopic (exact) mass is 318 g/mol. The van der Waals surface area contributed by atoms with Crippen molar-refractivity contribution < 1.29 is 9.53 Å². The summed E-state index contributed by atoms with van der Waals surface area (Å²) in [5, 5.41) is 3.61. The molecule has 0 aliphatic carbocycles. The maximum atomic E-state index is 12.0. The van der Waals surface area contributed by atoms with E-state index in [1.165, 1.54) is 12.7 Å². The Morgan fingerprint density at radius 1 is 1.26 bits per heavy atom. The molecule has 23 heavy (non-hydrogen) atoms. The molecular weight excluding hydrogens is 288 g/mol. The number of likely N-dealkylation sites (tertiary alicyclic amines) is 1. The van der Waals surface area contributed by atoms with Gasteiger partial charge in [0.15, 0.2) is 0 Å². The number of methoxy groups -OCH3 is 1. The third-order valence-corrected chi connectivity index (χ3v) is 4.31. The quantitative estimate of drug-likeness (QED) is 0.921. The molecule has 0 saturated carbocycles. The van der Waals surface area contributed by atoms with Crippen LogP contribution >= 0.6 is 0 Å². The summed E-state index contributed by atoms with van der Waals surface area (Å²) < 4.78 is 4.94. The maximum absolute atomic E-state index is 12.0. The van der Waals surface area contributed by atoms with Crippen molar-refractivity contribution in [2.75, 3.05) is 20.2 Å². The number of benzene rings is 1. The number of rotatable bonds is 4. The summed E-state index contributed by atoms with van der Waals surface area (Å²) in [4.78, 5) is 13.8. The van der Waals surface area contributed by atoms with E-state index in [1.807, 2.05) is 11.0 Å². The molecule has 0 aromatic heterocycles. The van der Waals surface area contributed by atoms with E-state index in [2.05, 4.69) is 50.4 Å². The highest BCUT2D eigenvalue weighted by molar-refractivity contribution is 5.67. The number of ether oxygens (including phenoxy) is 1. The fourth-order valence-electron chi connectivity index (χ4n) is 3.50. The van der Waals surface area contributed by atoms with Crippen molar-refractivity contribution in [1.29, 1.82) is 0 Å². The summed E-state index contributed by atoms with van der Waals surface area (Å²) in [5.74, 6) is 0.510. The van der Waals surface area contributed by atoms with Gasteiger partial charge in [-0.1, -0.05) is 51.1 Å². The van der Waals surface area contributed by atoms with E-state index >= 15 is 0 Å². The van der Waals surface area contributed by atoms with Gasteiger partial charge in [0.05, 0.1) is 7.11 Å². The van der Waals surface area contributed by atoms with Gasteiger partial charge in [0, 0.05) is 25.7 Å². The van der Waals surface area contributed by atoms with Crippen molar-refractivity contribution in [2.24, 2.45) is 11.3 Å². The summed E-state index contributed by atoms with van der Waals surface area (Å²) in [6, 6.07) is 10.7. The molecule has 2 atom stereocenters. The average molecular weight is 318 g/mol. The zero-order valence-corrected chi connectivity index (χ0v) is 14.8. The van der Waals surface area contributed by atoms with Gasteiger partial charge in [0.2, 0.25) is 0 Å². The van der Waals surface area contributed by atoms with Crippen LogP contribution in [-0.4, -0.2) is 37.2 Å². The Hall–Kier alpha value is -1.55. The molecule has 1 fully saturated rings. The fraction of sp³-hybridized carbons (Fsp3) is 0.632. The lowest BCUT2D eigenvalue weighted by Gasteiger charge is -2.39. The standard InChI is InChI=1S/C19H30N2O2/c1-19(2,3)11-16-10-17(14-21(13-16)18(22)23-4)20-12-15-8-6-5-7-9-15/h5-9,16-17,20H,10-14H2,1-4H3. The van der Waals surface area contributed by atoms with Crippen LogP contribution in [0, 0.1) is 11.3 Å². The minimum Gasteiger partial charge on any atom is -0.453 e. The first-order chi connectivity index (χ1) is 10.9. The van der Waals surface area contributed by atoms with Gasteiger partial charge in [-0.05, 0) is 29.7 Å². The van der Waals surface area contributed by atoms with Gasteiger partial charge < -0.3 is 15.0 Å². The highest BCUT2D eigenvalue weighted by atomic mass is 16.5. The number of piperidine rings is 1. The van der Waals surface area contributed by atoms with Crippen molar-refractivity contribution in [1.82, 2.24) is 10.2 Å². The minimum absolute atomic E-state index is 0.213. The molecule has 1 aromatic carbocycles. The Morgan fingerprint density at radius 2 is 1.96 bits per heavy atom. The van der Waals surface area contributed by atoms with Crippen molar-refractivity contribution >= 4 is 6.09 Å². The number of nitrogens with zero attached hydrogens (tertiary/aromatic N) is 1. The van der Waals surface area contributed by atoms with Gasteiger partial charge >= 0.3 is 6.09 Å². The maximum Gasteiger partial charge on any atom is 0.409 e. The van der Waals surface area contributed by atoms with Crippen LogP contribution in [0.1, 0.15) is 39.2 Å². The Bertz CT molecular complexity index is 496. The topological polar surface area (TPSA) is 41.6 Å². The molecule has 0 bridgehead atoms. The van der Waals surface area contributed by atoms with Crippen LogP contribution in [0.4, 0.5) is 4.79 Å². The Balaban J connectivity index is 1.97. The number of nitrogens with one attached hydrogen (secondary N) is 1. The fourth-order valence-corrected chi connectivity index (χ4v) is 3.50. The number of hydrogen-bond acceptors (Lipinski definition) is 3. The molecule has 128 valence electrons. The molecule has 4 heteroatoms. The summed E-state index contributed by atoms with van der Waals surface area (Å²) in [5.41, 5.74) is 1.54. The van der Waals surface area contributed by atoms with Crippen molar-refractivity contribution in [3.05, 3.63) is 35.9 Å². The first-order valence-electron chi connectivity index (χ1n) is 8.47. The Labute approximate surface area is 140 Å². The zero-order valence-electron chi connectivity index (χ0n) is 14.8. The molecule has 1 N–H and O–H groups in total. The lowest BCUT2D eigenvalue weighted by molar-refractivity contribution is 0.0805. The molecule has 1 aromatic rings. The molecule has 2 rings (SSSR count). The molecule has 1 aliphatic rings. The van der Waals surface area contributed by atoms with Crippen LogP contribution in [0.15, 0.2) is 30.3 Å². The number of carbonyl (C=O) groups is 1. The van der Waals surface area contributed by atoms with E-state index in [-0.39, 0.29) is 11.5 Å². The number of hydrogen-bond donors (Lipinski definition) is 1. The molecule has 1 saturated heterocycles. The van der Waals surface area contributed by atoms with Gasteiger partial charge in [0.1, 0.15) is 0 Å². The third kappa shape index (κ3) is 5.87. The molecule has 4 nitrogen and oxygen atoms in total. The molecule has 0 radical (unpaired) electrons. The van der Waals surface area contributed by atoms with Crippen LogP contribution < -0.4 is 5.32 Å². The van der Waals surface area contributed by atoms with Gasteiger partial charge in [-0.3, -0.25) is 0 Å². The number of amides is 1. The van der Waals surface area contributed by atoms with Crippen molar-refractivity contribution in [2.45, 2.75) is 46.2 Å². The van der Waals surface area contributed by atoms with Gasteiger partial charge in [-0.2, -0.15) is 0 Å². The molecule has 1 heterocycles. The normalized spacial score (nSPS) is 22.0. The molecular formula is C19H30N2O2. The van der Waals surface area contributed by atoms with E-state index in [4.69, 9.17) is 4.74 Å². The summed E-state index contributed by atoms with van der Waals surface area (Å²) in [7, 11) is 1.46. The van der Waals surface area contributed by atoms with Crippen molar-refractivity contribution in [3.8, 4) is 0 Å². The smallest absolute Gasteiger partial charge is 0.409 e. The average Bonchev–Trinajstić information content (AvgIpc) is 2.51. The van der Waals surface area contributed by atoms with E-state index in [0.29, 0.717) is 12.0 Å². The van der Waals surface area contributed by atoms with E-state index in [9.17, 15) is 4.79 Å². The molecule has 0 spiro atoms. The van der Waals surface area contributed by atoms with Crippen LogP contribution in [-0.2, 0) is 11.3 Å². The SMILES string of the molecule is COC(=O)N1CC(CC(C)(C)C)CC(NCc2ccccc2)C1.